The maximum atomic E-state index is 5.28. The van der Waals surface area contributed by atoms with E-state index in [1.54, 1.807) is 7.11 Å². The van der Waals surface area contributed by atoms with Crippen molar-refractivity contribution >= 4 is 0 Å². The number of hydrogen-bond donors (Lipinski definition) is 1. The third-order valence-corrected chi connectivity index (χ3v) is 6.19. The number of aromatic nitrogens is 2. The second kappa shape index (κ2) is 9.92. The number of likely N-dealkylation sites (N-methyl/N-ethyl adjacent to an activating group) is 1. The van der Waals surface area contributed by atoms with Crippen LogP contribution in [0, 0.1) is 0 Å². The highest BCUT2D eigenvalue weighted by atomic mass is 16.5. The molecule has 30 heavy (non-hydrogen) atoms. The monoisotopic (exact) mass is 404 g/mol. The highest BCUT2D eigenvalue weighted by Gasteiger charge is 2.24. The van der Waals surface area contributed by atoms with Crippen molar-refractivity contribution in [3.05, 3.63) is 71.9 Å². The lowest BCUT2D eigenvalue weighted by molar-refractivity contribution is 0.112. The van der Waals surface area contributed by atoms with Crippen LogP contribution in [0.25, 0.3) is 11.3 Å². The molecular formula is C25H32N4O. The molecule has 4 rings (SSSR count). The fourth-order valence-electron chi connectivity index (χ4n) is 4.35. The number of likely N-dealkylation sites (tertiary alicyclic amines) is 1. The predicted molar refractivity (Wildman–Crippen MR) is 122 cm³/mol. The Hall–Kier alpha value is -2.63. The maximum Gasteiger partial charge on any atom is 0.118 e. The number of nitrogens with zero attached hydrogens (tertiary/aromatic N) is 3. The molecule has 1 aliphatic rings. The van der Waals surface area contributed by atoms with Gasteiger partial charge < -0.3 is 9.64 Å². The molecule has 1 aromatic heterocycles. The van der Waals surface area contributed by atoms with Crippen molar-refractivity contribution in [2.45, 2.75) is 31.8 Å². The Morgan fingerprint density at radius 2 is 1.93 bits per heavy atom. The number of H-pyrrole nitrogens is 1. The van der Waals surface area contributed by atoms with E-state index >= 15 is 0 Å². The molecule has 2 aromatic carbocycles. The summed E-state index contributed by atoms with van der Waals surface area (Å²) in [5.41, 5.74) is 4.93. The van der Waals surface area contributed by atoms with E-state index in [-0.39, 0.29) is 0 Å². The van der Waals surface area contributed by atoms with E-state index in [9.17, 15) is 0 Å². The Bertz CT molecular complexity index is 906. The van der Waals surface area contributed by atoms with Gasteiger partial charge in [-0.15, -0.1) is 0 Å². The lowest BCUT2D eigenvalue weighted by Gasteiger charge is -2.37. The fraction of sp³-hybridized carbons (Fsp3) is 0.400. The number of methoxy groups -OCH3 is 1. The van der Waals surface area contributed by atoms with Crippen molar-refractivity contribution in [3.8, 4) is 17.0 Å². The van der Waals surface area contributed by atoms with E-state index < -0.39 is 0 Å². The van der Waals surface area contributed by atoms with Gasteiger partial charge in [0.25, 0.3) is 0 Å². The largest absolute Gasteiger partial charge is 0.497 e. The molecule has 1 atom stereocenters. The van der Waals surface area contributed by atoms with Gasteiger partial charge in [0.15, 0.2) is 0 Å². The van der Waals surface area contributed by atoms with Crippen LogP contribution in [0.3, 0.4) is 0 Å². The van der Waals surface area contributed by atoms with Crippen molar-refractivity contribution in [2.75, 3.05) is 33.8 Å². The average Bonchev–Trinajstić information content (AvgIpc) is 3.26. The topological polar surface area (TPSA) is 44.4 Å². The van der Waals surface area contributed by atoms with E-state index in [0.29, 0.717) is 6.04 Å². The first-order chi connectivity index (χ1) is 14.7. The van der Waals surface area contributed by atoms with Crippen LogP contribution in [-0.4, -0.2) is 59.8 Å². The van der Waals surface area contributed by atoms with Crippen molar-refractivity contribution in [3.63, 3.8) is 0 Å². The van der Waals surface area contributed by atoms with Gasteiger partial charge in [-0.1, -0.05) is 30.3 Å². The molecular weight excluding hydrogens is 372 g/mol. The summed E-state index contributed by atoms with van der Waals surface area (Å²) < 4.78 is 5.28. The van der Waals surface area contributed by atoms with Gasteiger partial charge in [-0.25, -0.2) is 0 Å². The van der Waals surface area contributed by atoms with Crippen LogP contribution >= 0.6 is 0 Å². The van der Waals surface area contributed by atoms with E-state index in [4.69, 9.17) is 4.74 Å². The van der Waals surface area contributed by atoms with Crippen LogP contribution in [0.1, 0.15) is 24.0 Å². The van der Waals surface area contributed by atoms with E-state index in [1.165, 1.54) is 24.0 Å². The molecule has 158 valence electrons. The van der Waals surface area contributed by atoms with Crippen LogP contribution in [0.2, 0.25) is 0 Å². The number of aromatic amines is 1. The van der Waals surface area contributed by atoms with Gasteiger partial charge in [0.05, 0.1) is 19.0 Å². The van der Waals surface area contributed by atoms with Crippen molar-refractivity contribution in [2.24, 2.45) is 0 Å². The number of benzene rings is 2. The quantitative estimate of drug-likeness (QED) is 0.610. The molecule has 0 radical (unpaired) electrons. The van der Waals surface area contributed by atoms with Gasteiger partial charge >= 0.3 is 0 Å². The van der Waals surface area contributed by atoms with Gasteiger partial charge in [-0.2, -0.15) is 5.10 Å². The zero-order valence-electron chi connectivity index (χ0n) is 18.1. The summed E-state index contributed by atoms with van der Waals surface area (Å²) in [7, 11) is 3.97. The smallest absolute Gasteiger partial charge is 0.118 e. The Morgan fingerprint density at radius 1 is 1.13 bits per heavy atom. The molecule has 0 unspecified atom stereocenters. The molecule has 0 saturated carbocycles. The first-order valence-corrected chi connectivity index (χ1v) is 10.9. The molecule has 0 aliphatic carbocycles. The third-order valence-electron chi connectivity index (χ3n) is 6.19. The first kappa shape index (κ1) is 20.6. The van der Waals surface area contributed by atoms with Gasteiger partial charge in [0.2, 0.25) is 0 Å². The van der Waals surface area contributed by atoms with Gasteiger partial charge in [0, 0.05) is 36.8 Å². The number of ether oxygens (including phenoxy) is 1. The highest BCUT2D eigenvalue weighted by molar-refractivity contribution is 5.63. The number of rotatable bonds is 8. The Labute approximate surface area is 179 Å². The predicted octanol–water partition coefficient (Wildman–Crippen LogP) is 4.22. The summed E-state index contributed by atoms with van der Waals surface area (Å²) in [5.74, 6) is 0.872. The standard InChI is InChI=1S/C25H32N4O/c1-28(16-14-20-7-4-3-5-8-20)23-9-6-15-29(19-23)18-22-17-26-27-25(22)21-10-12-24(30-2)13-11-21/h3-5,7-8,10-13,17,23H,6,9,14-16,18-19H2,1-2H3,(H,26,27)/t23-/m1/s1. The molecule has 2 heterocycles. The highest BCUT2D eigenvalue weighted by Crippen LogP contribution is 2.26. The summed E-state index contributed by atoms with van der Waals surface area (Å²) in [5, 5.41) is 7.52. The SMILES string of the molecule is COc1ccc(-c2[nH]ncc2CN2CCC[C@@H](N(C)CCc3ccccc3)C2)cc1. The molecule has 1 N–H and O–H groups in total. The molecule has 3 aromatic rings. The minimum absolute atomic E-state index is 0.610. The molecule has 0 amide bonds. The van der Waals surface area contributed by atoms with Gasteiger partial charge in [-0.3, -0.25) is 10.00 Å². The van der Waals surface area contributed by atoms with Crippen molar-refractivity contribution in [1.29, 1.82) is 0 Å². The summed E-state index contributed by atoms with van der Waals surface area (Å²) in [6, 6.07) is 19.6. The first-order valence-electron chi connectivity index (χ1n) is 10.9. The molecule has 5 nitrogen and oxygen atoms in total. The average molecular weight is 405 g/mol. The zero-order chi connectivity index (χ0) is 20.8. The number of piperidine rings is 1. The summed E-state index contributed by atoms with van der Waals surface area (Å²) >= 11 is 0. The van der Waals surface area contributed by atoms with Crippen molar-refractivity contribution < 1.29 is 4.74 Å². The molecule has 5 heteroatoms. The fourth-order valence-corrected chi connectivity index (χ4v) is 4.35. The minimum Gasteiger partial charge on any atom is -0.497 e. The summed E-state index contributed by atoms with van der Waals surface area (Å²) in [6.07, 6.45) is 5.61. The molecule has 0 bridgehead atoms. The van der Waals surface area contributed by atoms with Gasteiger partial charge in [0.1, 0.15) is 5.75 Å². The molecule has 0 spiro atoms. The van der Waals surface area contributed by atoms with Crippen molar-refractivity contribution in [1.82, 2.24) is 20.0 Å². The molecule has 1 fully saturated rings. The van der Waals surface area contributed by atoms with Crippen LogP contribution in [-0.2, 0) is 13.0 Å². The van der Waals surface area contributed by atoms with E-state index in [2.05, 4.69) is 69.5 Å². The van der Waals surface area contributed by atoms with E-state index in [0.717, 1.165) is 49.6 Å². The lowest BCUT2D eigenvalue weighted by atomic mass is 10.0. The number of hydrogen-bond acceptors (Lipinski definition) is 4. The zero-order valence-corrected chi connectivity index (χ0v) is 18.1. The van der Waals surface area contributed by atoms with E-state index in [1.807, 2.05) is 18.3 Å². The summed E-state index contributed by atoms with van der Waals surface area (Å²) in [6.45, 7) is 4.29. The molecule has 1 aliphatic heterocycles. The van der Waals surface area contributed by atoms with Crippen LogP contribution in [0.4, 0.5) is 0 Å². The molecule has 1 saturated heterocycles. The second-order valence-corrected chi connectivity index (χ2v) is 8.25. The minimum atomic E-state index is 0.610. The van der Waals surface area contributed by atoms with Gasteiger partial charge in [-0.05, 0) is 62.7 Å². The van der Waals surface area contributed by atoms with Crippen LogP contribution < -0.4 is 4.74 Å². The Kier molecular flexibility index (Phi) is 6.82. The number of nitrogens with one attached hydrogen (secondary N) is 1. The Morgan fingerprint density at radius 3 is 2.70 bits per heavy atom. The lowest BCUT2D eigenvalue weighted by Crippen LogP contribution is -2.46. The third kappa shape index (κ3) is 5.10. The summed E-state index contributed by atoms with van der Waals surface area (Å²) in [4.78, 5) is 5.12. The second-order valence-electron chi connectivity index (χ2n) is 8.25. The van der Waals surface area contributed by atoms with Crippen LogP contribution in [0.15, 0.2) is 60.8 Å². The normalized spacial score (nSPS) is 17.4. The maximum absolute atomic E-state index is 5.28. The Balaban J connectivity index is 1.35. The van der Waals surface area contributed by atoms with Crippen LogP contribution in [0.5, 0.6) is 5.75 Å².